The summed E-state index contributed by atoms with van der Waals surface area (Å²) in [6.07, 6.45) is 1.42. The first kappa shape index (κ1) is 11.1. The average molecular weight is 239 g/mol. The van der Waals surface area contributed by atoms with Crippen molar-refractivity contribution in [3.8, 4) is 0 Å². The quantitative estimate of drug-likeness (QED) is 0.797. The predicted molar refractivity (Wildman–Crippen MR) is 62.2 cm³/mol. The van der Waals surface area contributed by atoms with E-state index in [1.165, 1.54) is 6.26 Å². The van der Waals surface area contributed by atoms with Crippen LogP contribution in [0.3, 0.4) is 0 Å². The summed E-state index contributed by atoms with van der Waals surface area (Å²) in [5.41, 5.74) is 1.80. The second kappa shape index (κ2) is 4.25. The second-order valence-electron chi connectivity index (χ2n) is 3.93. The largest absolute Gasteiger partial charge is 0.391 e. The van der Waals surface area contributed by atoms with Crippen molar-refractivity contribution < 1.29 is 13.3 Å². The molecule has 0 bridgehead atoms. The maximum atomic E-state index is 11.1. The third kappa shape index (κ3) is 2.82. The minimum absolute atomic E-state index is 0.0207. The minimum Gasteiger partial charge on any atom is -0.391 e. The number of benzene rings is 1. The van der Waals surface area contributed by atoms with Crippen LogP contribution >= 0.6 is 0 Å². The zero-order valence-electron chi connectivity index (χ0n) is 8.96. The van der Waals surface area contributed by atoms with Crippen LogP contribution in [0.5, 0.6) is 0 Å². The van der Waals surface area contributed by atoms with Crippen molar-refractivity contribution in [3.05, 3.63) is 35.9 Å². The highest BCUT2D eigenvalue weighted by molar-refractivity contribution is 7.90. The Hall–Kier alpha value is -1.36. The maximum Gasteiger partial charge on any atom is 0.151 e. The molecule has 0 saturated heterocycles. The van der Waals surface area contributed by atoms with E-state index < -0.39 is 9.84 Å². The van der Waals surface area contributed by atoms with Gasteiger partial charge in [-0.1, -0.05) is 35.5 Å². The van der Waals surface area contributed by atoms with E-state index in [1.54, 1.807) is 0 Å². The summed E-state index contributed by atoms with van der Waals surface area (Å²) in [6.45, 7) is 0. The fraction of sp³-hybridized carbons (Fsp3) is 0.364. The highest BCUT2D eigenvalue weighted by Gasteiger charge is 2.25. The fourth-order valence-corrected chi connectivity index (χ4v) is 2.51. The molecule has 1 unspecified atom stereocenters. The van der Waals surface area contributed by atoms with Crippen molar-refractivity contribution in [1.82, 2.24) is 0 Å². The monoisotopic (exact) mass is 239 g/mol. The second-order valence-corrected chi connectivity index (χ2v) is 6.11. The van der Waals surface area contributed by atoms with Crippen LogP contribution in [-0.4, -0.2) is 32.2 Å². The Morgan fingerprint density at radius 1 is 1.38 bits per heavy atom. The molecule has 4 nitrogen and oxygen atoms in total. The van der Waals surface area contributed by atoms with Gasteiger partial charge in [0.2, 0.25) is 0 Å². The number of nitrogens with zero attached hydrogens (tertiary/aromatic N) is 1. The zero-order chi connectivity index (χ0) is 11.6. The number of oxime groups is 1. The third-order valence-corrected chi connectivity index (χ3v) is 3.31. The van der Waals surface area contributed by atoms with Gasteiger partial charge in [-0.05, 0) is 5.56 Å². The molecule has 1 atom stereocenters. The van der Waals surface area contributed by atoms with Crippen LogP contribution in [0.1, 0.15) is 12.0 Å². The molecule has 5 heteroatoms. The Labute approximate surface area is 94.8 Å². The Morgan fingerprint density at radius 2 is 2.06 bits per heavy atom. The summed E-state index contributed by atoms with van der Waals surface area (Å²) in [5.74, 6) is 0.0207. The van der Waals surface area contributed by atoms with Crippen molar-refractivity contribution in [2.45, 2.75) is 12.5 Å². The molecule has 0 aliphatic carbocycles. The van der Waals surface area contributed by atoms with Crippen LogP contribution in [0.4, 0.5) is 0 Å². The minimum atomic E-state index is -3.01. The molecular weight excluding hydrogens is 226 g/mol. The van der Waals surface area contributed by atoms with Gasteiger partial charge in [0.1, 0.15) is 6.10 Å². The molecule has 2 rings (SSSR count). The molecule has 16 heavy (non-hydrogen) atoms. The standard InChI is InChI=1S/C11H13NO3S/c1-16(13,14)8-10-7-11(12-15-10)9-5-3-2-4-6-9/h2-6,10H,7-8H2,1H3. The first-order chi connectivity index (χ1) is 7.54. The number of hydrogen-bond donors (Lipinski definition) is 0. The summed E-state index contributed by atoms with van der Waals surface area (Å²) in [4.78, 5) is 5.10. The van der Waals surface area contributed by atoms with Crippen LogP contribution in [0.2, 0.25) is 0 Å². The van der Waals surface area contributed by atoms with E-state index in [0.717, 1.165) is 11.3 Å². The molecule has 1 aliphatic heterocycles. The summed E-state index contributed by atoms with van der Waals surface area (Å²) >= 11 is 0. The molecule has 1 aromatic carbocycles. The van der Waals surface area contributed by atoms with Crippen LogP contribution < -0.4 is 0 Å². The van der Waals surface area contributed by atoms with E-state index in [2.05, 4.69) is 5.16 Å². The fourth-order valence-electron chi connectivity index (χ4n) is 1.66. The Morgan fingerprint density at radius 3 is 2.69 bits per heavy atom. The lowest BCUT2D eigenvalue weighted by atomic mass is 10.1. The van der Waals surface area contributed by atoms with Gasteiger partial charge in [0.15, 0.2) is 9.84 Å². The van der Waals surface area contributed by atoms with Gasteiger partial charge in [-0.25, -0.2) is 8.42 Å². The smallest absolute Gasteiger partial charge is 0.151 e. The van der Waals surface area contributed by atoms with Gasteiger partial charge in [-0.3, -0.25) is 0 Å². The average Bonchev–Trinajstić information content (AvgIpc) is 2.65. The first-order valence-corrected chi connectivity index (χ1v) is 7.06. The maximum absolute atomic E-state index is 11.1. The van der Waals surface area contributed by atoms with Gasteiger partial charge >= 0.3 is 0 Å². The van der Waals surface area contributed by atoms with E-state index >= 15 is 0 Å². The van der Waals surface area contributed by atoms with Gasteiger partial charge in [0, 0.05) is 12.7 Å². The normalized spacial score (nSPS) is 20.3. The number of sulfone groups is 1. The number of hydrogen-bond acceptors (Lipinski definition) is 4. The Balaban J connectivity index is 2.03. The SMILES string of the molecule is CS(=O)(=O)CC1CC(c2ccccc2)=NO1. The van der Waals surface area contributed by atoms with E-state index in [1.807, 2.05) is 30.3 Å². The third-order valence-electron chi connectivity index (χ3n) is 2.33. The topological polar surface area (TPSA) is 55.7 Å². The van der Waals surface area contributed by atoms with Crippen molar-refractivity contribution in [1.29, 1.82) is 0 Å². The molecule has 0 spiro atoms. The van der Waals surface area contributed by atoms with Gasteiger partial charge < -0.3 is 4.84 Å². The zero-order valence-corrected chi connectivity index (χ0v) is 9.78. The lowest BCUT2D eigenvalue weighted by molar-refractivity contribution is 0.102. The van der Waals surface area contributed by atoms with E-state index in [-0.39, 0.29) is 11.9 Å². The van der Waals surface area contributed by atoms with Crippen molar-refractivity contribution in [2.24, 2.45) is 5.16 Å². The molecular formula is C11H13NO3S. The molecule has 1 heterocycles. The van der Waals surface area contributed by atoms with Crippen molar-refractivity contribution in [2.75, 3.05) is 12.0 Å². The molecule has 1 aromatic rings. The lowest BCUT2D eigenvalue weighted by Gasteiger charge is -2.05. The van der Waals surface area contributed by atoms with Gasteiger partial charge in [-0.15, -0.1) is 0 Å². The molecule has 0 N–H and O–H groups in total. The lowest BCUT2D eigenvalue weighted by Crippen LogP contribution is -2.20. The summed E-state index contributed by atoms with van der Waals surface area (Å²) in [6, 6.07) is 9.63. The highest BCUT2D eigenvalue weighted by Crippen LogP contribution is 2.17. The molecule has 0 fully saturated rings. The molecule has 1 aliphatic rings. The van der Waals surface area contributed by atoms with E-state index in [4.69, 9.17) is 4.84 Å². The summed E-state index contributed by atoms with van der Waals surface area (Å²) in [7, 11) is -3.01. The number of rotatable bonds is 3. The van der Waals surface area contributed by atoms with Gasteiger partial charge in [0.25, 0.3) is 0 Å². The van der Waals surface area contributed by atoms with E-state index in [0.29, 0.717) is 6.42 Å². The van der Waals surface area contributed by atoms with Gasteiger partial charge in [-0.2, -0.15) is 0 Å². The van der Waals surface area contributed by atoms with Crippen LogP contribution in [0.25, 0.3) is 0 Å². The van der Waals surface area contributed by atoms with Crippen molar-refractivity contribution in [3.63, 3.8) is 0 Å². The molecule has 0 aromatic heterocycles. The van der Waals surface area contributed by atoms with Crippen LogP contribution in [0.15, 0.2) is 35.5 Å². The summed E-state index contributed by atoms with van der Waals surface area (Å²) < 4.78 is 22.2. The molecule has 86 valence electrons. The molecule has 0 radical (unpaired) electrons. The molecule has 0 saturated carbocycles. The summed E-state index contributed by atoms with van der Waals surface area (Å²) in [5, 5.41) is 3.92. The predicted octanol–water partition coefficient (Wildman–Crippen LogP) is 1.22. The Bertz CT molecular complexity index is 493. The van der Waals surface area contributed by atoms with Crippen LogP contribution in [-0.2, 0) is 14.7 Å². The first-order valence-electron chi connectivity index (χ1n) is 5.00. The van der Waals surface area contributed by atoms with Crippen molar-refractivity contribution >= 4 is 15.5 Å². The van der Waals surface area contributed by atoms with E-state index in [9.17, 15) is 8.42 Å². The Kier molecular flexibility index (Phi) is 2.96. The highest BCUT2D eigenvalue weighted by atomic mass is 32.2. The van der Waals surface area contributed by atoms with Gasteiger partial charge in [0.05, 0.1) is 11.5 Å². The molecule has 0 amide bonds. The van der Waals surface area contributed by atoms with Crippen LogP contribution in [0, 0.1) is 0 Å².